The first-order valence-electron chi connectivity index (χ1n) is 9.01. The minimum Gasteiger partial charge on any atom is -0.360 e. The Hall–Kier alpha value is -3.21. The van der Waals surface area contributed by atoms with Crippen molar-refractivity contribution in [2.75, 3.05) is 5.32 Å². The summed E-state index contributed by atoms with van der Waals surface area (Å²) in [5.74, 6) is -0.368. The minimum atomic E-state index is -0.369. The van der Waals surface area contributed by atoms with Crippen molar-refractivity contribution in [2.24, 2.45) is 0 Å². The van der Waals surface area contributed by atoms with Crippen molar-refractivity contribution in [2.45, 2.75) is 26.1 Å². The van der Waals surface area contributed by atoms with E-state index in [2.05, 4.69) is 29.4 Å². The molecule has 3 aromatic rings. The number of halogens is 1. The maximum absolute atomic E-state index is 13.2. The van der Waals surface area contributed by atoms with Crippen LogP contribution in [-0.4, -0.2) is 15.8 Å². The maximum Gasteiger partial charge on any atom is 0.258 e. The fraction of sp³-hybridized carbons (Fsp3) is 0.182. The van der Waals surface area contributed by atoms with Crippen LogP contribution in [0.1, 0.15) is 40.3 Å². The summed E-state index contributed by atoms with van der Waals surface area (Å²) in [5.41, 5.74) is 4.36. The number of amides is 1. The van der Waals surface area contributed by atoms with Crippen LogP contribution in [0, 0.1) is 5.82 Å². The Bertz CT molecular complexity index is 954. The lowest BCUT2D eigenvalue weighted by Gasteiger charge is -2.26. The van der Waals surface area contributed by atoms with Crippen LogP contribution in [0.15, 0.2) is 66.9 Å². The molecule has 0 fully saturated rings. The van der Waals surface area contributed by atoms with Crippen LogP contribution in [0.4, 0.5) is 10.1 Å². The van der Waals surface area contributed by atoms with E-state index in [4.69, 9.17) is 0 Å². The molecule has 0 bridgehead atoms. The smallest absolute Gasteiger partial charge is 0.258 e. The molecule has 0 saturated heterocycles. The van der Waals surface area contributed by atoms with E-state index >= 15 is 0 Å². The van der Waals surface area contributed by atoms with Gasteiger partial charge in [0.15, 0.2) is 0 Å². The highest BCUT2D eigenvalue weighted by Crippen LogP contribution is 2.34. The third-order valence-electron chi connectivity index (χ3n) is 4.83. The second-order valence-electron chi connectivity index (χ2n) is 6.59. The topological polar surface area (TPSA) is 45.2 Å². The summed E-state index contributed by atoms with van der Waals surface area (Å²) in [7, 11) is 0. The van der Waals surface area contributed by atoms with Gasteiger partial charge >= 0.3 is 0 Å². The van der Waals surface area contributed by atoms with Gasteiger partial charge in [-0.05, 0) is 53.9 Å². The molecule has 4 rings (SSSR count). The number of anilines is 1. The number of carbonyl (C=O) groups is 1. The van der Waals surface area contributed by atoms with Gasteiger partial charge in [-0.25, -0.2) is 4.39 Å². The molecule has 1 aliphatic rings. The second kappa shape index (κ2) is 7.19. The van der Waals surface area contributed by atoms with Crippen LogP contribution in [0.25, 0.3) is 0 Å². The second-order valence-corrected chi connectivity index (χ2v) is 6.59. The fourth-order valence-electron chi connectivity index (χ4n) is 3.33. The molecule has 1 amide bonds. The molecule has 0 aliphatic carbocycles. The molecule has 1 atom stereocenters. The number of aromatic nitrogens is 1. The lowest BCUT2D eigenvalue weighted by Crippen LogP contribution is -2.32. The van der Waals surface area contributed by atoms with E-state index in [1.807, 2.05) is 12.1 Å². The van der Waals surface area contributed by atoms with Gasteiger partial charge in [-0.2, -0.15) is 0 Å². The van der Waals surface area contributed by atoms with Gasteiger partial charge in [0.2, 0.25) is 0 Å². The number of pyridine rings is 1. The molecule has 4 nitrogen and oxygen atoms in total. The van der Waals surface area contributed by atoms with Crippen LogP contribution >= 0.6 is 0 Å². The van der Waals surface area contributed by atoms with Crippen molar-refractivity contribution in [1.82, 2.24) is 9.88 Å². The average molecular weight is 361 g/mol. The highest BCUT2D eigenvalue weighted by Gasteiger charge is 2.37. The lowest BCUT2D eigenvalue weighted by molar-refractivity contribution is 0.0728. The van der Waals surface area contributed by atoms with E-state index < -0.39 is 0 Å². The number of nitrogens with one attached hydrogen (secondary N) is 1. The number of nitrogens with zero attached hydrogens (tertiary/aromatic N) is 2. The van der Waals surface area contributed by atoms with Crippen molar-refractivity contribution in [3.63, 3.8) is 0 Å². The zero-order chi connectivity index (χ0) is 18.8. The average Bonchev–Trinajstić information content (AvgIpc) is 2.96. The molecule has 27 heavy (non-hydrogen) atoms. The lowest BCUT2D eigenvalue weighted by atomic mass is 10.1. The van der Waals surface area contributed by atoms with Gasteiger partial charge in [-0.1, -0.05) is 31.2 Å². The fourth-order valence-corrected chi connectivity index (χ4v) is 3.33. The highest BCUT2D eigenvalue weighted by atomic mass is 19.1. The van der Waals surface area contributed by atoms with Crippen molar-refractivity contribution in [1.29, 1.82) is 0 Å². The molecule has 1 N–H and O–H groups in total. The molecule has 2 aromatic carbocycles. The van der Waals surface area contributed by atoms with Crippen LogP contribution in [-0.2, 0) is 13.0 Å². The first-order chi connectivity index (χ1) is 13.2. The van der Waals surface area contributed by atoms with E-state index in [0.717, 1.165) is 17.7 Å². The molecule has 1 unspecified atom stereocenters. The predicted molar refractivity (Wildman–Crippen MR) is 103 cm³/mol. The normalized spacial score (nSPS) is 15.7. The summed E-state index contributed by atoms with van der Waals surface area (Å²) in [6.07, 6.45) is 2.30. The molecular formula is C22H20FN3O. The molecule has 5 heteroatoms. The van der Waals surface area contributed by atoms with Gasteiger partial charge in [0, 0.05) is 18.4 Å². The summed E-state index contributed by atoms with van der Waals surface area (Å²) in [5, 5.41) is 3.43. The van der Waals surface area contributed by atoms with E-state index in [0.29, 0.717) is 17.8 Å². The van der Waals surface area contributed by atoms with Crippen molar-refractivity contribution in [3.05, 3.63) is 95.1 Å². The van der Waals surface area contributed by atoms with Gasteiger partial charge in [0.1, 0.15) is 12.0 Å². The number of fused-ring (bicyclic) bond motifs is 1. The summed E-state index contributed by atoms with van der Waals surface area (Å²) >= 11 is 0. The van der Waals surface area contributed by atoms with Gasteiger partial charge < -0.3 is 10.2 Å². The van der Waals surface area contributed by atoms with Gasteiger partial charge in [0.05, 0.1) is 11.3 Å². The summed E-state index contributed by atoms with van der Waals surface area (Å²) in [4.78, 5) is 19.1. The zero-order valence-electron chi connectivity index (χ0n) is 15.0. The van der Waals surface area contributed by atoms with Crippen LogP contribution < -0.4 is 5.32 Å². The molecule has 136 valence electrons. The number of aryl methyl sites for hydroxylation is 1. The summed E-state index contributed by atoms with van der Waals surface area (Å²) in [6.45, 7) is 2.49. The Morgan fingerprint density at radius 3 is 2.44 bits per heavy atom. The van der Waals surface area contributed by atoms with Crippen LogP contribution in [0.2, 0.25) is 0 Å². The Kier molecular flexibility index (Phi) is 4.59. The Morgan fingerprint density at radius 2 is 1.74 bits per heavy atom. The van der Waals surface area contributed by atoms with Crippen molar-refractivity contribution in [3.8, 4) is 0 Å². The molecule has 0 spiro atoms. The van der Waals surface area contributed by atoms with E-state index in [9.17, 15) is 9.18 Å². The SMILES string of the molecule is CCc1ccc(NC2c3ncccc3C(=O)N2Cc2ccc(F)cc2)cc1. The number of hydrogen-bond acceptors (Lipinski definition) is 3. The van der Waals surface area contributed by atoms with Crippen LogP contribution in [0.5, 0.6) is 0 Å². The first-order valence-corrected chi connectivity index (χ1v) is 9.01. The molecule has 1 aliphatic heterocycles. The summed E-state index contributed by atoms with van der Waals surface area (Å²) < 4.78 is 13.2. The Balaban J connectivity index is 1.65. The first kappa shape index (κ1) is 17.2. The van der Waals surface area contributed by atoms with Crippen molar-refractivity contribution < 1.29 is 9.18 Å². The maximum atomic E-state index is 13.2. The number of rotatable bonds is 5. The summed E-state index contributed by atoms with van der Waals surface area (Å²) in [6, 6.07) is 18.0. The van der Waals surface area contributed by atoms with E-state index in [-0.39, 0.29) is 17.9 Å². The van der Waals surface area contributed by atoms with Crippen molar-refractivity contribution >= 4 is 11.6 Å². The van der Waals surface area contributed by atoms with E-state index in [1.165, 1.54) is 17.7 Å². The van der Waals surface area contributed by atoms with Gasteiger partial charge in [0.25, 0.3) is 5.91 Å². The third-order valence-corrected chi connectivity index (χ3v) is 4.83. The highest BCUT2D eigenvalue weighted by molar-refractivity contribution is 5.98. The third kappa shape index (κ3) is 3.40. The standard InChI is InChI=1S/C22H20FN3O/c1-2-15-7-11-18(12-8-15)25-21-20-19(4-3-13-24-20)22(27)26(21)14-16-5-9-17(23)10-6-16/h3-13,21,25H,2,14H2,1H3. The molecule has 1 aromatic heterocycles. The quantitative estimate of drug-likeness (QED) is 0.725. The van der Waals surface area contributed by atoms with E-state index in [1.54, 1.807) is 35.4 Å². The van der Waals surface area contributed by atoms with Gasteiger partial charge in [-0.3, -0.25) is 9.78 Å². The minimum absolute atomic E-state index is 0.0786. The predicted octanol–water partition coefficient (Wildman–Crippen LogP) is 4.55. The van der Waals surface area contributed by atoms with Gasteiger partial charge in [-0.15, -0.1) is 0 Å². The Labute approximate surface area is 157 Å². The number of benzene rings is 2. The largest absolute Gasteiger partial charge is 0.360 e. The van der Waals surface area contributed by atoms with Crippen LogP contribution in [0.3, 0.4) is 0 Å². The zero-order valence-corrected chi connectivity index (χ0v) is 15.0. The number of carbonyl (C=O) groups excluding carboxylic acids is 1. The Morgan fingerprint density at radius 1 is 1.04 bits per heavy atom. The monoisotopic (exact) mass is 361 g/mol. The molecular weight excluding hydrogens is 341 g/mol. The molecule has 0 saturated carbocycles. The molecule has 0 radical (unpaired) electrons. The number of hydrogen-bond donors (Lipinski definition) is 1. The molecule has 2 heterocycles.